The second kappa shape index (κ2) is 8.71. The van der Waals surface area contributed by atoms with Gasteiger partial charge in [0.25, 0.3) is 0 Å². The summed E-state index contributed by atoms with van der Waals surface area (Å²) in [5.41, 5.74) is 2.69. The second-order valence-corrected chi connectivity index (χ2v) is 8.57. The van der Waals surface area contributed by atoms with Crippen LogP contribution in [0.5, 0.6) is 0 Å². The smallest absolute Gasteiger partial charge is 0.230 e. The van der Waals surface area contributed by atoms with Crippen molar-refractivity contribution in [2.45, 2.75) is 25.8 Å². The number of carbonyl (C=O) groups is 2. The molecule has 150 valence electrons. The van der Waals surface area contributed by atoms with Gasteiger partial charge in [-0.15, -0.1) is 11.3 Å². The molecule has 1 aliphatic rings. The maximum atomic E-state index is 12.3. The van der Waals surface area contributed by atoms with Gasteiger partial charge in [0, 0.05) is 24.3 Å². The number of benzene rings is 2. The van der Waals surface area contributed by atoms with E-state index < -0.39 is 0 Å². The monoisotopic (exact) mass is 409 g/mol. The molecule has 29 heavy (non-hydrogen) atoms. The molecule has 2 aromatic carbocycles. The van der Waals surface area contributed by atoms with Gasteiger partial charge in [-0.2, -0.15) is 0 Å². The molecule has 1 unspecified atom stereocenters. The fourth-order valence-corrected chi connectivity index (χ4v) is 4.62. The minimum Gasteiger partial charge on any atom is -0.331 e. The van der Waals surface area contributed by atoms with Gasteiger partial charge < -0.3 is 15.1 Å². The summed E-state index contributed by atoms with van der Waals surface area (Å²) in [6, 6.07) is 15.6. The number of nitrogens with zero attached hydrogens (tertiary/aromatic N) is 2. The van der Waals surface area contributed by atoms with E-state index in [0.29, 0.717) is 12.8 Å². The van der Waals surface area contributed by atoms with Crippen LogP contribution in [0.25, 0.3) is 10.2 Å². The lowest BCUT2D eigenvalue weighted by atomic mass is 10.2. The van der Waals surface area contributed by atoms with Gasteiger partial charge >= 0.3 is 0 Å². The maximum absolute atomic E-state index is 12.3. The van der Waals surface area contributed by atoms with Gasteiger partial charge in [0.1, 0.15) is 11.6 Å². The summed E-state index contributed by atoms with van der Waals surface area (Å²) in [6.07, 6.45) is 1.97. The number of hydrogen-bond donors (Lipinski definition) is 2. The summed E-state index contributed by atoms with van der Waals surface area (Å²) in [5.74, 6) is 0.166. The van der Waals surface area contributed by atoms with Gasteiger partial charge in [0.05, 0.1) is 30.2 Å². The van der Waals surface area contributed by atoms with E-state index in [1.54, 1.807) is 16.2 Å². The fraction of sp³-hybridized carbons (Fsp3) is 0.318. The first kappa shape index (κ1) is 19.5. The van der Waals surface area contributed by atoms with Crippen molar-refractivity contribution >= 4 is 44.7 Å². The molecule has 0 saturated carbocycles. The highest BCUT2D eigenvalue weighted by molar-refractivity contribution is 7.18. The predicted molar refractivity (Wildman–Crippen MR) is 116 cm³/mol. The first-order chi connectivity index (χ1) is 14.1. The van der Waals surface area contributed by atoms with Crippen LogP contribution in [0.4, 0.5) is 11.4 Å². The number of aromatic nitrogens is 1. The van der Waals surface area contributed by atoms with E-state index in [9.17, 15) is 9.59 Å². The van der Waals surface area contributed by atoms with Crippen LogP contribution in [-0.4, -0.2) is 36.9 Å². The Labute approximate surface area is 174 Å². The number of carbonyl (C=O) groups excluding carboxylic acids is 2. The Morgan fingerprint density at radius 3 is 2.72 bits per heavy atom. The predicted octanol–water partition coefficient (Wildman–Crippen LogP) is 2.47. The molecule has 1 saturated heterocycles. The highest BCUT2D eigenvalue weighted by Gasteiger charge is 2.21. The molecule has 0 aliphatic carbocycles. The van der Waals surface area contributed by atoms with E-state index in [-0.39, 0.29) is 11.8 Å². The Bertz CT molecular complexity index is 982. The first-order valence-electron chi connectivity index (χ1n) is 9.94. The van der Waals surface area contributed by atoms with E-state index in [2.05, 4.69) is 23.4 Å². The van der Waals surface area contributed by atoms with Crippen molar-refractivity contribution in [1.82, 2.24) is 4.98 Å². The number of amides is 2. The van der Waals surface area contributed by atoms with Crippen LogP contribution in [-0.2, 0) is 16.1 Å². The van der Waals surface area contributed by atoms with Crippen LogP contribution in [0.15, 0.2) is 48.5 Å². The quantitative estimate of drug-likeness (QED) is 0.630. The molecule has 2 heterocycles. The van der Waals surface area contributed by atoms with Crippen molar-refractivity contribution in [3.63, 3.8) is 0 Å². The van der Waals surface area contributed by atoms with Crippen LogP contribution in [0.2, 0.25) is 0 Å². The number of hydrogen-bond acceptors (Lipinski definition) is 4. The molecule has 1 atom stereocenters. The zero-order valence-electron chi connectivity index (χ0n) is 16.5. The summed E-state index contributed by atoms with van der Waals surface area (Å²) in [7, 11) is 2.08. The van der Waals surface area contributed by atoms with E-state index in [1.807, 2.05) is 42.5 Å². The summed E-state index contributed by atoms with van der Waals surface area (Å²) in [5, 5.41) is 4.04. The van der Waals surface area contributed by atoms with Gasteiger partial charge in [0.2, 0.25) is 11.8 Å². The normalized spacial score (nSPS) is 15.1. The van der Waals surface area contributed by atoms with Gasteiger partial charge in [-0.05, 0) is 42.8 Å². The topological polar surface area (TPSA) is 66.7 Å². The Balaban J connectivity index is 1.25. The molecule has 3 aromatic rings. The molecular formula is C22H25N4O2S+. The number of rotatable bonds is 7. The van der Waals surface area contributed by atoms with Gasteiger partial charge in [-0.3, -0.25) is 9.59 Å². The Hall–Kier alpha value is -2.77. The van der Waals surface area contributed by atoms with Crippen molar-refractivity contribution in [3.8, 4) is 0 Å². The Morgan fingerprint density at radius 2 is 2.00 bits per heavy atom. The number of anilines is 2. The zero-order chi connectivity index (χ0) is 20.2. The maximum Gasteiger partial charge on any atom is 0.230 e. The summed E-state index contributed by atoms with van der Waals surface area (Å²) < 4.78 is 1.20. The summed E-state index contributed by atoms with van der Waals surface area (Å²) >= 11 is 1.71. The molecule has 6 nitrogen and oxygen atoms in total. The Morgan fingerprint density at radius 1 is 1.21 bits per heavy atom. The van der Waals surface area contributed by atoms with Crippen molar-refractivity contribution in [2.24, 2.45) is 0 Å². The molecule has 2 N–H and O–H groups in total. The lowest BCUT2D eigenvalue weighted by molar-refractivity contribution is -0.893. The van der Waals surface area contributed by atoms with Gasteiger partial charge in [-0.1, -0.05) is 12.1 Å². The molecule has 1 aromatic heterocycles. The van der Waals surface area contributed by atoms with Crippen LogP contribution >= 0.6 is 11.3 Å². The highest BCUT2D eigenvalue weighted by Crippen LogP contribution is 2.23. The van der Waals surface area contributed by atoms with E-state index in [4.69, 9.17) is 0 Å². The van der Waals surface area contributed by atoms with E-state index in [0.717, 1.165) is 48.0 Å². The van der Waals surface area contributed by atoms with Crippen LogP contribution in [0, 0.1) is 0 Å². The highest BCUT2D eigenvalue weighted by atomic mass is 32.1. The van der Waals surface area contributed by atoms with E-state index >= 15 is 0 Å². The minimum absolute atomic E-state index is 0.00125. The molecule has 1 aliphatic heterocycles. The summed E-state index contributed by atoms with van der Waals surface area (Å²) in [4.78, 5) is 31.8. The SMILES string of the molecule is C[NH+](CCC(=O)Nc1ccc(N2CCCC2=O)cc1)Cc1nc2ccccc2s1. The average molecular weight is 410 g/mol. The molecule has 0 radical (unpaired) electrons. The molecule has 7 heteroatoms. The second-order valence-electron chi connectivity index (χ2n) is 7.45. The molecule has 1 fully saturated rings. The minimum atomic E-state index is -0.00125. The third kappa shape index (κ3) is 4.81. The zero-order valence-corrected chi connectivity index (χ0v) is 17.3. The Kier molecular flexibility index (Phi) is 5.87. The van der Waals surface area contributed by atoms with Crippen LogP contribution in [0.1, 0.15) is 24.3 Å². The number of para-hydroxylation sites is 1. The molecule has 0 bridgehead atoms. The lowest BCUT2D eigenvalue weighted by Gasteiger charge is -2.16. The van der Waals surface area contributed by atoms with Crippen molar-refractivity contribution < 1.29 is 14.5 Å². The largest absolute Gasteiger partial charge is 0.331 e. The molecular weight excluding hydrogens is 384 g/mol. The summed E-state index contributed by atoms with van der Waals surface area (Å²) in [6.45, 7) is 2.32. The van der Waals surface area contributed by atoms with Crippen molar-refractivity contribution in [2.75, 3.05) is 30.4 Å². The fourth-order valence-electron chi connectivity index (χ4n) is 3.54. The van der Waals surface area contributed by atoms with Gasteiger partial charge in [0.15, 0.2) is 0 Å². The van der Waals surface area contributed by atoms with Crippen molar-refractivity contribution in [3.05, 3.63) is 53.5 Å². The van der Waals surface area contributed by atoms with E-state index in [1.165, 1.54) is 9.60 Å². The number of quaternary nitrogens is 1. The lowest BCUT2D eigenvalue weighted by Crippen LogP contribution is -3.07. The van der Waals surface area contributed by atoms with Crippen LogP contribution < -0.4 is 15.1 Å². The van der Waals surface area contributed by atoms with Crippen molar-refractivity contribution in [1.29, 1.82) is 0 Å². The number of fused-ring (bicyclic) bond motifs is 1. The van der Waals surface area contributed by atoms with Crippen LogP contribution in [0.3, 0.4) is 0 Å². The van der Waals surface area contributed by atoms with Gasteiger partial charge in [-0.25, -0.2) is 4.98 Å². The molecule has 4 rings (SSSR count). The average Bonchev–Trinajstić information content (AvgIpc) is 3.32. The first-order valence-corrected chi connectivity index (χ1v) is 10.8. The number of thiazole rings is 1. The standard InChI is InChI=1S/C22H24N4O2S/c1-25(15-21-24-18-5-2-3-6-19(18)29-21)14-12-20(27)23-16-8-10-17(11-9-16)26-13-4-7-22(26)28/h2-3,5-6,8-11H,4,7,12-15H2,1H3,(H,23,27)/p+1. The third-order valence-electron chi connectivity index (χ3n) is 5.11. The number of nitrogens with one attached hydrogen (secondary N) is 2. The molecule has 2 amide bonds. The molecule has 0 spiro atoms. The third-order valence-corrected chi connectivity index (χ3v) is 6.14.